The topological polar surface area (TPSA) is 146 Å². The van der Waals surface area contributed by atoms with Gasteiger partial charge in [0.15, 0.2) is 5.75 Å². The summed E-state index contributed by atoms with van der Waals surface area (Å²) in [6, 6.07) is 21.5. The number of para-hydroxylation sites is 2. The second kappa shape index (κ2) is 15.0. The molecular weight excluding hydrogens is 650 g/mol. The van der Waals surface area contributed by atoms with Crippen molar-refractivity contribution < 1.29 is 37.2 Å². The van der Waals surface area contributed by atoms with Gasteiger partial charge in [-0.25, -0.2) is 4.79 Å². The van der Waals surface area contributed by atoms with Crippen molar-refractivity contribution in [2.75, 3.05) is 43.7 Å². The van der Waals surface area contributed by atoms with Gasteiger partial charge in [0, 0.05) is 38.3 Å². The summed E-state index contributed by atoms with van der Waals surface area (Å²) in [5.74, 6) is -0.831. The van der Waals surface area contributed by atoms with Crippen molar-refractivity contribution in [3.05, 3.63) is 90.5 Å². The molecule has 4 amide bonds. The highest BCUT2D eigenvalue weighted by Crippen LogP contribution is 2.26. The van der Waals surface area contributed by atoms with Crippen LogP contribution in [-0.4, -0.2) is 97.8 Å². The lowest BCUT2D eigenvalue weighted by molar-refractivity contribution is -0.144. The van der Waals surface area contributed by atoms with Crippen molar-refractivity contribution in [1.29, 1.82) is 0 Å². The smallest absolute Gasteiger partial charge is 0.410 e. The standard InChI is InChI=1S/C35H41N5O8S/c1-35(2,3)47-34(44)38-23-21-37(22-24-38)33(43)30-15-10-20-39(30)31(41)25-36-32(42)26-16-18-29(19-17-26)49(45,46)40(27-11-6-4-7-12-27)48-28-13-8-5-9-14-28/h4-9,11-14,16-19,30H,10,15,20-25H2,1-3H3,(H,36,42). The number of hydrogen-bond donors (Lipinski definition) is 1. The molecule has 2 aliphatic heterocycles. The zero-order valence-electron chi connectivity index (χ0n) is 27.8. The van der Waals surface area contributed by atoms with E-state index >= 15 is 0 Å². The van der Waals surface area contributed by atoms with Gasteiger partial charge in [0.2, 0.25) is 11.8 Å². The van der Waals surface area contributed by atoms with Gasteiger partial charge in [-0.3, -0.25) is 14.4 Å². The van der Waals surface area contributed by atoms with Gasteiger partial charge in [-0.15, -0.1) is 0 Å². The van der Waals surface area contributed by atoms with Crippen LogP contribution in [-0.2, 0) is 24.3 Å². The minimum Gasteiger partial charge on any atom is -0.444 e. The van der Waals surface area contributed by atoms with Gasteiger partial charge in [0.25, 0.3) is 15.9 Å². The van der Waals surface area contributed by atoms with Crippen LogP contribution >= 0.6 is 0 Å². The Labute approximate surface area is 286 Å². The van der Waals surface area contributed by atoms with E-state index in [0.29, 0.717) is 51.3 Å². The van der Waals surface area contributed by atoms with E-state index in [4.69, 9.17) is 9.57 Å². The number of nitrogens with zero attached hydrogens (tertiary/aromatic N) is 4. The second-order valence-corrected chi connectivity index (χ2v) is 14.5. The average molecular weight is 692 g/mol. The fourth-order valence-corrected chi connectivity index (χ4v) is 6.82. The quantitative estimate of drug-likeness (QED) is 0.335. The number of sulfonamides is 1. The van der Waals surface area contributed by atoms with Gasteiger partial charge in [0.1, 0.15) is 11.6 Å². The first-order chi connectivity index (χ1) is 23.3. The number of anilines is 1. The molecule has 13 nitrogen and oxygen atoms in total. The molecule has 2 heterocycles. The molecule has 1 N–H and O–H groups in total. The number of piperazine rings is 1. The number of rotatable bonds is 9. The van der Waals surface area contributed by atoms with Gasteiger partial charge in [-0.2, -0.15) is 8.42 Å². The van der Waals surface area contributed by atoms with Gasteiger partial charge in [-0.05, 0) is 82.1 Å². The molecule has 5 rings (SSSR count). The molecule has 1 atom stereocenters. The molecule has 260 valence electrons. The Kier molecular flexibility index (Phi) is 10.8. The molecule has 2 fully saturated rings. The maximum atomic E-state index is 13.7. The lowest BCUT2D eigenvalue weighted by Crippen LogP contribution is -2.56. The maximum Gasteiger partial charge on any atom is 0.410 e. The second-order valence-electron chi connectivity index (χ2n) is 12.7. The highest BCUT2D eigenvalue weighted by molar-refractivity contribution is 7.92. The number of likely N-dealkylation sites (tertiary alicyclic amines) is 1. The van der Waals surface area contributed by atoms with Gasteiger partial charge < -0.3 is 29.6 Å². The predicted octanol–water partition coefficient (Wildman–Crippen LogP) is 3.68. The largest absolute Gasteiger partial charge is 0.444 e. The summed E-state index contributed by atoms with van der Waals surface area (Å²) in [6.07, 6.45) is 0.739. The summed E-state index contributed by atoms with van der Waals surface area (Å²) in [5.41, 5.74) is -0.177. The van der Waals surface area contributed by atoms with E-state index < -0.39 is 39.6 Å². The lowest BCUT2D eigenvalue weighted by Gasteiger charge is -2.37. The molecule has 14 heteroatoms. The summed E-state index contributed by atoms with van der Waals surface area (Å²) in [6.45, 7) is 6.79. The molecule has 3 aromatic carbocycles. The fraction of sp³-hybridized carbons (Fsp3) is 0.371. The lowest BCUT2D eigenvalue weighted by atomic mass is 10.1. The number of nitrogens with one attached hydrogen (secondary N) is 1. The van der Waals surface area contributed by atoms with E-state index in [0.717, 1.165) is 4.47 Å². The first-order valence-electron chi connectivity index (χ1n) is 16.1. The van der Waals surface area contributed by atoms with E-state index in [1.54, 1.807) is 91.2 Å². The Balaban J connectivity index is 1.17. The van der Waals surface area contributed by atoms with Crippen LogP contribution in [0, 0.1) is 0 Å². The Morgan fingerprint density at radius 2 is 1.41 bits per heavy atom. The minimum absolute atomic E-state index is 0.106. The molecule has 49 heavy (non-hydrogen) atoms. The first kappa shape index (κ1) is 35.2. The maximum absolute atomic E-state index is 13.7. The van der Waals surface area contributed by atoms with E-state index in [1.807, 2.05) is 0 Å². The third-order valence-electron chi connectivity index (χ3n) is 8.03. The van der Waals surface area contributed by atoms with Crippen molar-refractivity contribution in [1.82, 2.24) is 20.0 Å². The molecule has 2 saturated heterocycles. The molecule has 2 aliphatic rings. The van der Waals surface area contributed by atoms with Crippen LogP contribution < -0.4 is 14.6 Å². The summed E-state index contributed by atoms with van der Waals surface area (Å²) in [5, 5.41) is 2.59. The summed E-state index contributed by atoms with van der Waals surface area (Å²) in [7, 11) is -4.21. The Morgan fingerprint density at radius 1 is 0.816 bits per heavy atom. The fourth-order valence-electron chi connectivity index (χ4n) is 5.57. The molecule has 0 radical (unpaired) electrons. The zero-order chi connectivity index (χ0) is 35.2. The first-order valence-corrected chi connectivity index (χ1v) is 17.6. The Morgan fingerprint density at radius 3 is 2.02 bits per heavy atom. The SMILES string of the molecule is CC(C)(C)OC(=O)N1CCN(C(=O)C2CCCN2C(=O)CNC(=O)c2ccc(S(=O)(=O)N(Oc3ccccc3)c3ccccc3)cc2)CC1. The Bertz CT molecular complexity index is 1740. The van der Waals surface area contributed by atoms with Crippen molar-refractivity contribution >= 4 is 39.5 Å². The van der Waals surface area contributed by atoms with Crippen LogP contribution in [0.5, 0.6) is 5.75 Å². The van der Waals surface area contributed by atoms with Gasteiger partial charge in [-0.1, -0.05) is 40.9 Å². The van der Waals surface area contributed by atoms with Crippen LogP contribution in [0.2, 0.25) is 0 Å². The highest BCUT2D eigenvalue weighted by atomic mass is 32.2. The molecule has 0 spiro atoms. The van der Waals surface area contributed by atoms with E-state index in [9.17, 15) is 27.6 Å². The summed E-state index contributed by atoms with van der Waals surface area (Å²) in [4.78, 5) is 62.3. The highest BCUT2D eigenvalue weighted by Gasteiger charge is 2.38. The van der Waals surface area contributed by atoms with Gasteiger partial charge >= 0.3 is 6.09 Å². The monoisotopic (exact) mass is 691 g/mol. The van der Waals surface area contributed by atoms with Crippen LogP contribution in [0.15, 0.2) is 89.8 Å². The number of carbonyl (C=O) groups excluding carboxylic acids is 4. The summed E-state index contributed by atoms with van der Waals surface area (Å²) < 4.78 is 33.6. The normalized spacial score (nSPS) is 16.6. The van der Waals surface area contributed by atoms with E-state index in [-0.39, 0.29) is 28.6 Å². The molecule has 0 bridgehead atoms. The Hall–Kier alpha value is -5.11. The average Bonchev–Trinajstić information content (AvgIpc) is 3.59. The van der Waals surface area contributed by atoms with Crippen LogP contribution in [0.25, 0.3) is 0 Å². The van der Waals surface area contributed by atoms with Crippen molar-refractivity contribution in [2.24, 2.45) is 0 Å². The van der Waals surface area contributed by atoms with Crippen molar-refractivity contribution in [3.8, 4) is 5.75 Å². The zero-order valence-corrected chi connectivity index (χ0v) is 28.6. The molecule has 0 saturated carbocycles. The minimum atomic E-state index is -4.21. The van der Waals surface area contributed by atoms with Crippen LogP contribution in [0.4, 0.5) is 10.5 Å². The number of benzene rings is 3. The molecule has 1 unspecified atom stereocenters. The number of amides is 4. The van der Waals surface area contributed by atoms with E-state index in [2.05, 4.69) is 5.32 Å². The third kappa shape index (κ3) is 8.68. The van der Waals surface area contributed by atoms with Crippen molar-refractivity contribution in [3.63, 3.8) is 0 Å². The van der Waals surface area contributed by atoms with Crippen LogP contribution in [0.3, 0.4) is 0 Å². The van der Waals surface area contributed by atoms with Gasteiger partial charge in [0.05, 0.1) is 17.1 Å². The number of carbonyl (C=O) groups is 4. The number of ether oxygens (including phenoxy) is 1. The third-order valence-corrected chi connectivity index (χ3v) is 9.62. The molecular formula is C35H41N5O8S. The van der Waals surface area contributed by atoms with E-state index in [1.165, 1.54) is 29.2 Å². The summed E-state index contributed by atoms with van der Waals surface area (Å²) >= 11 is 0. The predicted molar refractivity (Wildman–Crippen MR) is 181 cm³/mol. The molecule has 0 aromatic heterocycles. The van der Waals surface area contributed by atoms with Crippen LogP contribution in [0.1, 0.15) is 44.0 Å². The van der Waals surface area contributed by atoms with Crippen molar-refractivity contribution in [2.45, 2.75) is 50.2 Å². The number of hydrogen-bond acceptors (Lipinski definition) is 8. The molecule has 0 aliphatic carbocycles. The molecule has 3 aromatic rings.